The molecule has 0 aliphatic heterocycles. The zero-order chi connectivity index (χ0) is 26.6. The van der Waals surface area contributed by atoms with Crippen molar-refractivity contribution in [2.75, 3.05) is 6.61 Å². The van der Waals surface area contributed by atoms with Crippen molar-refractivity contribution in [3.63, 3.8) is 0 Å². The van der Waals surface area contributed by atoms with Crippen LogP contribution < -0.4 is 15.5 Å². The number of unbranched alkanes of at least 4 members (excludes halogenated alkanes) is 1. The predicted octanol–water partition coefficient (Wildman–Crippen LogP) is 4.73. The smallest absolute Gasteiger partial charge is 0.408 e. The average Bonchev–Trinajstić information content (AvgIpc) is 3.46. The van der Waals surface area contributed by atoms with Gasteiger partial charge in [0.05, 0.1) is 19.1 Å². The number of nitrogens with one attached hydrogen (secondary N) is 3. The minimum atomic E-state index is -0.929. The topological polar surface area (TPSA) is 118 Å². The summed E-state index contributed by atoms with van der Waals surface area (Å²) < 4.78 is 11.2. The Hall–Kier alpha value is -4.66. The summed E-state index contributed by atoms with van der Waals surface area (Å²) in [4.78, 5) is 32.3. The fourth-order valence-electron chi connectivity index (χ4n) is 3.84. The Morgan fingerprint density at radius 2 is 1.84 bits per heavy atom. The molecule has 196 valence electrons. The molecule has 4 rings (SSSR count). The first-order chi connectivity index (χ1) is 18.6. The number of hydrazone groups is 1. The maximum absolute atomic E-state index is 13.0. The number of amides is 2. The van der Waals surface area contributed by atoms with Gasteiger partial charge in [-0.05, 0) is 29.5 Å². The number of nitrogens with zero attached hydrogens (tertiary/aromatic N) is 2. The number of hydrogen-bond acceptors (Lipinski definition) is 6. The molecule has 0 radical (unpaired) electrons. The lowest BCUT2D eigenvalue weighted by molar-refractivity contribution is -0.123. The summed E-state index contributed by atoms with van der Waals surface area (Å²) in [5.41, 5.74) is 4.89. The van der Waals surface area contributed by atoms with Crippen LogP contribution in [0.2, 0.25) is 0 Å². The Morgan fingerprint density at radius 1 is 1.05 bits per heavy atom. The lowest BCUT2D eigenvalue weighted by atomic mass is 10.0. The number of hydrogen-bond donors (Lipinski definition) is 3. The molecule has 0 unspecified atom stereocenters. The van der Waals surface area contributed by atoms with Crippen LogP contribution in [-0.4, -0.2) is 40.8 Å². The minimum absolute atomic E-state index is 0.0917. The van der Waals surface area contributed by atoms with Crippen molar-refractivity contribution in [1.29, 1.82) is 0 Å². The number of alkyl carbamates (subject to hydrolysis) is 1. The molecule has 1 heterocycles. The van der Waals surface area contributed by atoms with Crippen molar-refractivity contribution < 1.29 is 19.1 Å². The van der Waals surface area contributed by atoms with Crippen LogP contribution in [0.5, 0.6) is 5.75 Å². The third-order valence-electron chi connectivity index (χ3n) is 5.85. The van der Waals surface area contributed by atoms with Crippen molar-refractivity contribution in [3.8, 4) is 5.75 Å². The van der Waals surface area contributed by atoms with Crippen LogP contribution in [0, 0.1) is 0 Å². The number of rotatable bonds is 12. The molecular formula is C29H31N5O4. The maximum atomic E-state index is 13.0. The predicted molar refractivity (Wildman–Crippen MR) is 146 cm³/mol. The van der Waals surface area contributed by atoms with Gasteiger partial charge in [-0.3, -0.25) is 4.79 Å². The molecule has 9 nitrogen and oxygen atoms in total. The van der Waals surface area contributed by atoms with E-state index < -0.39 is 18.0 Å². The van der Waals surface area contributed by atoms with Gasteiger partial charge < -0.3 is 19.8 Å². The Balaban J connectivity index is 1.42. The van der Waals surface area contributed by atoms with E-state index in [2.05, 4.69) is 32.7 Å². The zero-order valence-electron chi connectivity index (χ0n) is 21.2. The molecule has 0 bridgehead atoms. The Labute approximate surface area is 221 Å². The largest absolute Gasteiger partial charge is 0.493 e. The van der Waals surface area contributed by atoms with Gasteiger partial charge in [-0.2, -0.15) is 5.10 Å². The summed E-state index contributed by atoms with van der Waals surface area (Å²) in [5.74, 6) is 0.324. The van der Waals surface area contributed by atoms with E-state index in [0.29, 0.717) is 12.3 Å². The highest BCUT2D eigenvalue weighted by Crippen LogP contribution is 2.28. The van der Waals surface area contributed by atoms with Gasteiger partial charge >= 0.3 is 6.09 Å². The number of carbonyl (C=O) groups is 2. The number of benzene rings is 3. The number of fused-ring (bicyclic) bond motifs is 1. The van der Waals surface area contributed by atoms with E-state index in [4.69, 9.17) is 9.47 Å². The van der Waals surface area contributed by atoms with Crippen LogP contribution in [0.1, 0.15) is 36.6 Å². The van der Waals surface area contributed by atoms with Gasteiger partial charge in [-0.25, -0.2) is 15.2 Å². The highest BCUT2D eigenvalue weighted by Gasteiger charge is 2.22. The molecule has 9 heteroatoms. The van der Waals surface area contributed by atoms with Gasteiger partial charge in [0.1, 0.15) is 18.4 Å². The van der Waals surface area contributed by atoms with E-state index in [0.717, 1.165) is 40.5 Å². The summed E-state index contributed by atoms with van der Waals surface area (Å²) in [6, 6.07) is 20.1. The van der Waals surface area contributed by atoms with Gasteiger partial charge in [0.15, 0.2) is 0 Å². The summed E-state index contributed by atoms with van der Waals surface area (Å²) in [5, 5.41) is 8.71. The Morgan fingerprint density at radius 3 is 2.61 bits per heavy atom. The minimum Gasteiger partial charge on any atom is -0.493 e. The molecule has 4 aromatic rings. The molecule has 38 heavy (non-hydrogen) atoms. The quantitative estimate of drug-likeness (QED) is 0.144. The molecule has 2 amide bonds. The van der Waals surface area contributed by atoms with Crippen LogP contribution >= 0.6 is 0 Å². The summed E-state index contributed by atoms with van der Waals surface area (Å²) in [6.45, 7) is 2.87. The van der Waals surface area contributed by atoms with Crippen LogP contribution in [0.3, 0.4) is 0 Å². The summed E-state index contributed by atoms with van der Waals surface area (Å²) in [7, 11) is 0. The third-order valence-corrected chi connectivity index (χ3v) is 5.85. The van der Waals surface area contributed by atoms with Crippen LogP contribution in [0.4, 0.5) is 4.79 Å². The zero-order valence-corrected chi connectivity index (χ0v) is 21.2. The first-order valence-corrected chi connectivity index (χ1v) is 12.6. The second kappa shape index (κ2) is 13.6. The van der Waals surface area contributed by atoms with Crippen molar-refractivity contribution >= 4 is 29.0 Å². The molecule has 0 spiro atoms. The summed E-state index contributed by atoms with van der Waals surface area (Å²) >= 11 is 0. The maximum Gasteiger partial charge on any atom is 0.408 e. The number of ether oxygens (including phenoxy) is 2. The fraction of sp³-hybridized carbons (Fsp3) is 0.241. The second-order valence-electron chi connectivity index (χ2n) is 8.67. The highest BCUT2D eigenvalue weighted by molar-refractivity contribution is 6.02. The molecule has 0 aliphatic rings. The molecule has 3 N–H and O–H groups in total. The van der Waals surface area contributed by atoms with Crippen LogP contribution in [0.15, 0.2) is 84.4 Å². The summed E-state index contributed by atoms with van der Waals surface area (Å²) in [6.07, 6.45) is 6.21. The van der Waals surface area contributed by atoms with Crippen molar-refractivity contribution in [2.45, 2.75) is 38.8 Å². The van der Waals surface area contributed by atoms with E-state index in [-0.39, 0.29) is 13.0 Å². The van der Waals surface area contributed by atoms with Gasteiger partial charge in [0.25, 0.3) is 5.91 Å². The second-order valence-corrected chi connectivity index (χ2v) is 8.67. The third kappa shape index (κ3) is 7.42. The van der Waals surface area contributed by atoms with Crippen LogP contribution in [0.25, 0.3) is 10.8 Å². The SMILES string of the molecule is CCCCOc1ccc(/C=N\NC(=O)[C@@H](Cc2cnc[nH]2)NC(=O)OCc2ccccc2)c2ccccc12. The molecule has 0 fully saturated rings. The van der Waals surface area contributed by atoms with Gasteiger partial charge in [0, 0.05) is 29.3 Å². The van der Waals surface area contributed by atoms with E-state index in [1.165, 1.54) is 6.33 Å². The first-order valence-electron chi connectivity index (χ1n) is 12.6. The number of carbonyl (C=O) groups excluding carboxylic acids is 2. The van der Waals surface area contributed by atoms with E-state index in [9.17, 15) is 9.59 Å². The van der Waals surface area contributed by atoms with Gasteiger partial charge in [-0.1, -0.05) is 67.9 Å². The van der Waals surface area contributed by atoms with Gasteiger partial charge in [0.2, 0.25) is 0 Å². The van der Waals surface area contributed by atoms with E-state index >= 15 is 0 Å². The van der Waals surface area contributed by atoms with E-state index in [1.807, 2.05) is 66.7 Å². The molecule has 1 atom stereocenters. The van der Waals surface area contributed by atoms with Crippen LogP contribution in [-0.2, 0) is 22.6 Å². The van der Waals surface area contributed by atoms with E-state index in [1.54, 1.807) is 12.4 Å². The molecule has 1 aromatic heterocycles. The highest BCUT2D eigenvalue weighted by atomic mass is 16.5. The lowest BCUT2D eigenvalue weighted by Crippen LogP contribution is -2.47. The molecule has 0 aliphatic carbocycles. The molecule has 0 saturated carbocycles. The average molecular weight is 514 g/mol. The van der Waals surface area contributed by atoms with Crippen molar-refractivity contribution in [3.05, 3.63) is 96.1 Å². The lowest BCUT2D eigenvalue weighted by Gasteiger charge is -2.16. The standard InChI is InChI=1S/C29H31N5O4/c1-2-3-15-37-27-14-13-22(24-11-7-8-12-25(24)27)17-32-34-28(35)26(16-23-18-30-20-31-23)33-29(36)38-19-21-9-5-4-6-10-21/h4-14,17-18,20,26H,2-3,15-16,19H2,1H3,(H,30,31)(H,33,36)(H,34,35)/b32-17-/t26-/m1/s1. The Kier molecular flexibility index (Phi) is 9.45. The van der Waals surface area contributed by atoms with Crippen molar-refractivity contribution in [1.82, 2.24) is 20.7 Å². The number of aromatic nitrogens is 2. The monoisotopic (exact) mass is 513 g/mol. The number of aromatic amines is 1. The van der Waals surface area contributed by atoms with Crippen molar-refractivity contribution in [2.24, 2.45) is 5.10 Å². The molecule has 0 saturated heterocycles. The normalized spacial score (nSPS) is 11.8. The number of H-pyrrole nitrogens is 1. The first kappa shape index (κ1) is 26.4. The van der Waals surface area contributed by atoms with Gasteiger partial charge in [-0.15, -0.1) is 0 Å². The molecule has 3 aromatic carbocycles. The Bertz CT molecular complexity index is 1360. The molecular weight excluding hydrogens is 482 g/mol. The number of imidazole rings is 1. The fourth-order valence-corrected chi connectivity index (χ4v) is 3.84.